The number of ether oxygens (including phenoxy) is 2. The highest BCUT2D eigenvalue weighted by molar-refractivity contribution is 5.48. The molecule has 3 atom stereocenters. The molecule has 0 saturated carbocycles. The lowest BCUT2D eigenvalue weighted by atomic mass is 9.75. The summed E-state index contributed by atoms with van der Waals surface area (Å²) in [5.74, 6) is 4.07. The van der Waals surface area contributed by atoms with E-state index < -0.39 is 0 Å². The van der Waals surface area contributed by atoms with Crippen LogP contribution >= 0.6 is 0 Å². The summed E-state index contributed by atoms with van der Waals surface area (Å²) in [6.45, 7) is 7.18. The van der Waals surface area contributed by atoms with E-state index in [1.54, 1.807) is 6.26 Å². The summed E-state index contributed by atoms with van der Waals surface area (Å²) < 4.78 is 16.7. The summed E-state index contributed by atoms with van der Waals surface area (Å²) in [5.41, 5.74) is 2.76. The first-order valence-corrected chi connectivity index (χ1v) is 10.8. The van der Waals surface area contributed by atoms with Crippen LogP contribution in [0.5, 0.6) is 11.5 Å². The molecule has 1 aromatic carbocycles. The summed E-state index contributed by atoms with van der Waals surface area (Å²) in [4.78, 5) is 5.50. The van der Waals surface area contributed by atoms with Crippen molar-refractivity contribution in [1.29, 1.82) is 0 Å². The maximum atomic E-state index is 5.68. The van der Waals surface area contributed by atoms with Crippen LogP contribution in [0.25, 0.3) is 6.08 Å². The molecule has 0 N–H and O–H groups in total. The lowest BCUT2D eigenvalue weighted by molar-refractivity contribution is -0.00406. The normalized spacial score (nSPS) is 33.3. The Hall–Kier alpha value is -2.24. The van der Waals surface area contributed by atoms with Gasteiger partial charge >= 0.3 is 0 Å². The molecule has 5 nitrogen and oxygen atoms in total. The monoisotopic (exact) mass is 392 g/mol. The first-order valence-electron chi connectivity index (χ1n) is 10.8. The zero-order valence-corrected chi connectivity index (χ0v) is 16.9. The number of hydrogen-bond donors (Lipinski definition) is 0. The second-order valence-electron chi connectivity index (χ2n) is 9.01. The van der Waals surface area contributed by atoms with Gasteiger partial charge in [0.2, 0.25) is 6.79 Å². The summed E-state index contributed by atoms with van der Waals surface area (Å²) in [6.07, 6.45) is 6.61. The molecule has 1 aromatic heterocycles. The number of rotatable bonds is 4. The molecule has 2 aromatic rings. The van der Waals surface area contributed by atoms with Crippen molar-refractivity contribution in [3.8, 4) is 11.5 Å². The summed E-state index contributed by atoms with van der Waals surface area (Å²) in [5, 5.41) is 0. The van der Waals surface area contributed by atoms with Crippen molar-refractivity contribution in [1.82, 2.24) is 9.80 Å². The van der Waals surface area contributed by atoms with E-state index in [0.29, 0.717) is 24.8 Å². The summed E-state index contributed by atoms with van der Waals surface area (Å²) in [6, 6.07) is 11.8. The standard InChI is InChI=1S/C24H28N2O3/c1-16(11-19-3-2-10-27-19)13-26-14-20(18-4-5-21-22(12-18)29-15-28-21)24-23(26)17-6-8-25(24)9-7-17/h2-5,10-12,17,20,23-24H,6-9,13-15H2,1H3/b16-11+/t20-,23+,24+/m1/s1. The van der Waals surface area contributed by atoms with Gasteiger partial charge in [-0.05, 0) is 74.7 Å². The Labute approximate surface area is 171 Å². The molecule has 5 aliphatic rings. The predicted molar refractivity (Wildman–Crippen MR) is 111 cm³/mol. The smallest absolute Gasteiger partial charge is 0.231 e. The molecule has 0 unspecified atom stereocenters. The lowest BCUT2D eigenvalue weighted by Gasteiger charge is -2.51. The number of fused-ring (bicyclic) bond motifs is 3. The lowest BCUT2D eigenvalue weighted by Crippen LogP contribution is -2.60. The Balaban J connectivity index is 1.30. The van der Waals surface area contributed by atoms with Gasteiger partial charge in [0.15, 0.2) is 11.5 Å². The zero-order valence-electron chi connectivity index (χ0n) is 16.9. The van der Waals surface area contributed by atoms with Gasteiger partial charge in [0.25, 0.3) is 0 Å². The molecule has 5 heteroatoms. The Morgan fingerprint density at radius 1 is 1.10 bits per heavy atom. The summed E-state index contributed by atoms with van der Waals surface area (Å²) in [7, 11) is 0. The number of piperidine rings is 3. The van der Waals surface area contributed by atoms with Gasteiger partial charge in [0, 0.05) is 31.1 Å². The number of hydrogen-bond acceptors (Lipinski definition) is 5. The van der Waals surface area contributed by atoms with Crippen molar-refractivity contribution < 1.29 is 13.9 Å². The third-order valence-corrected chi connectivity index (χ3v) is 7.30. The molecule has 4 saturated heterocycles. The van der Waals surface area contributed by atoms with Crippen LogP contribution < -0.4 is 9.47 Å². The number of nitrogens with zero attached hydrogens (tertiary/aromatic N) is 2. The van der Waals surface area contributed by atoms with Gasteiger partial charge in [-0.15, -0.1) is 0 Å². The molecule has 4 fully saturated rings. The van der Waals surface area contributed by atoms with Gasteiger partial charge in [-0.25, -0.2) is 0 Å². The molecule has 6 heterocycles. The molecule has 152 valence electrons. The molecule has 0 spiro atoms. The van der Waals surface area contributed by atoms with Crippen LogP contribution in [0.1, 0.15) is 37.0 Å². The van der Waals surface area contributed by atoms with Crippen LogP contribution in [-0.4, -0.2) is 54.9 Å². The molecule has 0 aliphatic carbocycles. The van der Waals surface area contributed by atoms with E-state index in [4.69, 9.17) is 13.9 Å². The topological polar surface area (TPSA) is 38.1 Å². The highest BCUT2D eigenvalue weighted by Gasteiger charge is 2.53. The zero-order chi connectivity index (χ0) is 19.4. The molecule has 29 heavy (non-hydrogen) atoms. The van der Waals surface area contributed by atoms with Gasteiger partial charge in [0.05, 0.1) is 6.26 Å². The van der Waals surface area contributed by atoms with E-state index in [9.17, 15) is 0 Å². The van der Waals surface area contributed by atoms with Gasteiger partial charge < -0.3 is 13.9 Å². The van der Waals surface area contributed by atoms with Crippen molar-refractivity contribution in [2.75, 3.05) is 33.0 Å². The summed E-state index contributed by atoms with van der Waals surface area (Å²) >= 11 is 0. The highest BCUT2D eigenvalue weighted by atomic mass is 16.7. The van der Waals surface area contributed by atoms with E-state index in [-0.39, 0.29) is 0 Å². The third-order valence-electron chi connectivity index (χ3n) is 7.30. The van der Waals surface area contributed by atoms with Crippen LogP contribution in [0.15, 0.2) is 46.6 Å². The molecular formula is C24H28N2O3. The molecule has 0 radical (unpaired) electrons. The first kappa shape index (κ1) is 17.6. The Kier molecular flexibility index (Phi) is 4.20. The maximum Gasteiger partial charge on any atom is 0.231 e. The Morgan fingerprint density at radius 3 is 2.79 bits per heavy atom. The number of benzene rings is 1. The van der Waals surface area contributed by atoms with E-state index >= 15 is 0 Å². The van der Waals surface area contributed by atoms with Crippen LogP contribution in [0.3, 0.4) is 0 Å². The largest absolute Gasteiger partial charge is 0.465 e. The van der Waals surface area contributed by atoms with E-state index in [0.717, 1.165) is 36.3 Å². The quantitative estimate of drug-likeness (QED) is 0.787. The molecule has 0 amide bonds. The molecule has 5 aliphatic heterocycles. The second kappa shape index (κ2) is 6.92. The Bertz CT molecular complexity index is 914. The first-order chi connectivity index (χ1) is 14.3. The van der Waals surface area contributed by atoms with Gasteiger partial charge in [-0.3, -0.25) is 9.80 Å². The molecule has 2 bridgehead atoms. The van der Waals surface area contributed by atoms with E-state index in [1.807, 2.05) is 12.1 Å². The molecular weight excluding hydrogens is 364 g/mol. The minimum atomic E-state index is 0.340. The Morgan fingerprint density at radius 2 is 1.97 bits per heavy atom. The van der Waals surface area contributed by atoms with Crippen molar-refractivity contribution in [2.24, 2.45) is 5.92 Å². The van der Waals surface area contributed by atoms with Gasteiger partial charge in [-0.2, -0.15) is 0 Å². The fourth-order valence-corrected chi connectivity index (χ4v) is 6.14. The van der Waals surface area contributed by atoms with Crippen LogP contribution in [0.4, 0.5) is 0 Å². The van der Waals surface area contributed by atoms with Crippen LogP contribution in [0, 0.1) is 5.92 Å². The fourth-order valence-electron chi connectivity index (χ4n) is 6.14. The van der Waals surface area contributed by atoms with Crippen LogP contribution in [-0.2, 0) is 0 Å². The van der Waals surface area contributed by atoms with Gasteiger partial charge in [-0.1, -0.05) is 11.6 Å². The minimum absolute atomic E-state index is 0.340. The van der Waals surface area contributed by atoms with Gasteiger partial charge in [0.1, 0.15) is 5.76 Å². The predicted octanol–water partition coefficient (Wildman–Crippen LogP) is 3.97. The van der Waals surface area contributed by atoms with E-state index in [1.165, 1.54) is 37.1 Å². The van der Waals surface area contributed by atoms with Crippen molar-refractivity contribution >= 4 is 6.08 Å². The van der Waals surface area contributed by atoms with Crippen LogP contribution in [0.2, 0.25) is 0 Å². The molecule has 7 rings (SSSR count). The average molecular weight is 392 g/mol. The van der Waals surface area contributed by atoms with Crippen molar-refractivity contribution in [3.63, 3.8) is 0 Å². The number of furan rings is 1. The van der Waals surface area contributed by atoms with Crippen molar-refractivity contribution in [3.05, 3.63) is 53.5 Å². The minimum Gasteiger partial charge on any atom is -0.465 e. The third kappa shape index (κ3) is 2.99. The fraction of sp³-hybridized carbons (Fsp3) is 0.500. The maximum absolute atomic E-state index is 5.68. The number of likely N-dealkylation sites (tertiary alicyclic amines) is 1. The second-order valence-corrected chi connectivity index (χ2v) is 9.01. The van der Waals surface area contributed by atoms with Crippen molar-refractivity contribution in [2.45, 2.75) is 37.8 Å². The SMILES string of the molecule is C/C(=C\c1ccco1)CN1C[C@H](c2ccc3c(c2)OCO3)[C@H]2[C@@H]1C1CCN2CC1. The van der Waals surface area contributed by atoms with E-state index in [2.05, 4.69) is 41.0 Å². The average Bonchev–Trinajstić information content (AvgIpc) is 3.48. The highest BCUT2D eigenvalue weighted by Crippen LogP contribution is 2.48.